The Morgan fingerprint density at radius 3 is 2.88 bits per heavy atom. The van der Waals surface area contributed by atoms with Gasteiger partial charge in [-0.15, -0.1) is 0 Å². The number of amides is 1. The van der Waals surface area contributed by atoms with Crippen LogP contribution in [0.15, 0.2) is 36.7 Å². The van der Waals surface area contributed by atoms with E-state index in [0.29, 0.717) is 24.0 Å². The molecule has 132 valence electrons. The Balaban J connectivity index is 1.57. The first-order valence-electron chi connectivity index (χ1n) is 8.71. The lowest BCUT2D eigenvalue weighted by molar-refractivity contribution is 0.0677. The van der Waals surface area contributed by atoms with E-state index in [4.69, 9.17) is 0 Å². The zero-order valence-electron chi connectivity index (χ0n) is 14.4. The number of nitrogens with one attached hydrogen (secondary N) is 1. The Hall–Kier alpha value is -2.50. The van der Waals surface area contributed by atoms with Gasteiger partial charge in [0, 0.05) is 25.7 Å². The van der Waals surface area contributed by atoms with Crippen LogP contribution in [0.1, 0.15) is 35.8 Å². The van der Waals surface area contributed by atoms with Gasteiger partial charge in [-0.2, -0.15) is 0 Å². The Labute approximate surface area is 147 Å². The lowest BCUT2D eigenvalue weighted by Crippen LogP contribution is -2.39. The fourth-order valence-corrected chi connectivity index (χ4v) is 3.09. The van der Waals surface area contributed by atoms with Crippen molar-refractivity contribution in [2.75, 3.05) is 25.0 Å². The molecule has 3 rings (SSSR count). The summed E-state index contributed by atoms with van der Waals surface area (Å²) >= 11 is 0. The highest BCUT2D eigenvalue weighted by atomic mass is 19.1. The molecule has 1 aromatic heterocycles. The highest BCUT2D eigenvalue weighted by Gasteiger charge is 2.23. The van der Waals surface area contributed by atoms with Crippen molar-refractivity contribution < 1.29 is 9.18 Å². The lowest BCUT2D eigenvalue weighted by Gasteiger charge is -2.30. The zero-order chi connectivity index (χ0) is 17.6. The van der Waals surface area contributed by atoms with Crippen LogP contribution in [0, 0.1) is 11.7 Å². The fourth-order valence-electron chi connectivity index (χ4n) is 3.09. The maximum atomic E-state index is 12.9. The summed E-state index contributed by atoms with van der Waals surface area (Å²) in [5, 5.41) is 3.20. The average Bonchev–Trinajstić information content (AvgIpc) is 2.63. The number of carbonyl (C=O) groups excluding carboxylic acids is 1. The second kappa shape index (κ2) is 8.05. The minimum atomic E-state index is -0.234. The molecule has 2 aromatic rings. The lowest BCUT2D eigenvalue weighted by atomic mass is 10.00. The van der Waals surface area contributed by atoms with Crippen LogP contribution >= 0.6 is 0 Å². The van der Waals surface area contributed by atoms with Crippen molar-refractivity contribution >= 4 is 11.7 Å². The topological polar surface area (TPSA) is 58.1 Å². The standard InChI is InChI=1S/C19H23FN4O/c1-14-3-2-10-24(12-14)19(25)17-11-18(23-13-22-17)21-9-8-15-4-6-16(20)7-5-15/h4-7,11,13-14H,2-3,8-10,12H2,1H3,(H,21,22,23). The Morgan fingerprint density at radius 2 is 2.12 bits per heavy atom. The molecule has 5 nitrogen and oxygen atoms in total. The molecule has 1 atom stereocenters. The van der Waals surface area contributed by atoms with E-state index in [2.05, 4.69) is 22.2 Å². The van der Waals surface area contributed by atoms with Crippen LogP contribution in [0.4, 0.5) is 10.2 Å². The maximum absolute atomic E-state index is 12.9. The largest absolute Gasteiger partial charge is 0.370 e. The summed E-state index contributed by atoms with van der Waals surface area (Å²) in [5.41, 5.74) is 1.47. The van der Waals surface area contributed by atoms with E-state index in [1.54, 1.807) is 18.2 Å². The molecule has 1 unspecified atom stereocenters. The SMILES string of the molecule is CC1CCCN(C(=O)c2cc(NCCc3ccc(F)cc3)ncn2)C1. The van der Waals surface area contributed by atoms with E-state index in [0.717, 1.165) is 31.5 Å². The molecule has 1 fully saturated rings. The van der Waals surface area contributed by atoms with Crippen molar-refractivity contribution in [1.82, 2.24) is 14.9 Å². The second-order valence-electron chi connectivity index (χ2n) is 6.59. The van der Waals surface area contributed by atoms with Crippen LogP contribution in [0.2, 0.25) is 0 Å². The molecule has 25 heavy (non-hydrogen) atoms. The van der Waals surface area contributed by atoms with Gasteiger partial charge in [-0.25, -0.2) is 14.4 Å². The third kappa shape index (κ3) is 4.75. The number of anilines is 1. The third-order valence-electron chi connectivity index (χ3n) is 4.46. The van der Waals surface area contributed by atoms with Crippen molar-refractivity contribution in [3.8, 4) is 0 Å². The van der Waals surface area contributed by atoms with E-state index in [1.165, 1.54) is 24.9 Å². The van der Waals surface area contributed by atoms with E-state index in [9.17, 15) is 9.18 Å². The molecule has 0 bridgehead atoms. The van der Waals surface area contributed by atoms with Gasteiger partial charge in [0.1, 0.15) is 23.7 Å². The van der Waals surface area contributed by atoms with Gasteiger partial charge in [0.25, 0.3) is 5.91 Å². The van der Waals surface area contributed by atoms with Gasteiger partial charge in [-0.1, -0.05) is 19.1 Å². The molecule has 0 saturated carbocycles. The van der Waals surface area contributed by atoms with Crippen LogP contribution in [-0.4, -0.2) is 40.4 Å². The summed E-state index contributed by atoms with van der Waals surface area (Å²) in [6.07, 6.45) is 4.38. The number of hydrogen-bond donors (Lipinski definition) is 1. The van der Waals surface area contributed by atoms with Gasteiger partial charge >= 0.3 is 0 Å². The molecule has 6 heteroatoms. The van der Waals surface area contributed by atoms with Crippen LogP contribution in [0.25, 0.3) is 0 Å². The summed E-state index contributed by atoms with van der Waals surface area (Å²) < 4.78 is 12.9. The van der Waals surface area contributed by atoms with Gasteiger partial charge in [0.2, 0.25) is 0 Å². The smallest absolute Gasteiger partial charge is 0.272 e. The normalized spacial score (nSPS) is 17.4. The summed E-state index contributed by atoms with van der Waals surface area (Å²) in [5.74, 6) is 0.900. The summed E-state index contributed by atoms with van der Waals surface area (Å²) in [7, 11) is 0. The van der Waals surface area contributed by atoms with Crippen LogP contribution in [0.3, 0.4) is 0 Å². The zero-order valence-corrected chi connectivity index (χ0v) is 14.4. The molecule has 1 aromatic carbocycles. The molecule has 1 N–H and O–H groups in total. The number of carbonyl (C=O) groups is 1. The number of hydrogen-bond acceptors (Lipinski definition) is 4. The number of rotatable bonds is 5. The van der Waals surface area contributed by atoms with Crippen molar-refractivity contribution in [3.05, 3.63) is 53.7 Å². The maximum Gasteiger partial charge on any atom is 0.272 e. The Bertz CT molecular complexity index is 720. The third-order valence-corrected chi connectivity index (χ3v) is 4.46. The van der Waals surface area contributed by atoms with Crippen LogP contribution < -0.4 is 5.32 Å². The van der Waals surface area contributed by atoms with E-state index in [1.807, 2.05) is 4.90 Å². The number of nitrogens with zero attached hydrogens (tertiary/aromatic N) is 3. The molecule has 1 saturated heterocycles. The van der Waals surface area contributed by atoms with Gasteiger partial charge in [0.05, 0.1) is 0 Å². The second-order valence-corrected chi connectivity index (χ2v) is 6.59. The summed E-state index contributed by atoms with van der Waals surface area (Å²) in [4.78, 5) is 22.8. The minimum Gasteiger partial charge on any atom is -0.370 e. The highest BCUT2D eigenvalue weighted by molar-refractivity contribution is 5.93. The summed E-state index contributed by atoms with van der Waals surface area (Å²) in [6, 6.07) is 8.14. The molecule has 0 radical (unpaired) electrons. The van der Waals surface area contributed by atoms with Crippen molar-refractivity contribution in [2.24, 2.45) is 5.92 Å². The molecule has 1 amide bonds. The minimum absolute atomic E-state index is 0.0319. The highest BCUT2D eigenvalue weighted by Crippen LogP contribution is 2.18. The first kappa shape index (κ1) is 17.3. The number of piperidine rings is 1. The van der Waals surface area contributed by atoms with E-state index in [-0.39, 0.29) is 11.7 Å². The quantitative estimate of drug-likeness (QED) is 0.907. The molecule has 1 aliphatic heterocycles. The Kier molecular flexibility index (Phi) is 5.58. The molecule has 1 aliphatic rings. The first-order valence-corrected chi connectivity index (χ1v) is 8.71. The predicted octanol–water partition coefficient (Wildman–Crippen LogP) is 3.14. The molecule has 0 aliphatic carbocycles. The van der Waals surface area contributed by atoms with E-state index < -0.39 is 0 Å². The van der Waals surface area contributed by atoms with E-state index >= 15 is 0 Å². The average molecular weight is 342 g/mol. The van der Waals surface area contributed by atoms with Crippen molar-refractivity contribution in [2.45, 2.75) is 26.2 Å². The predicted molar refractivity (Wildman–Crippen MR) is 94.9 cm³/mol. The number of halogens is 1. The van der Waals surface area contributed by atoms with Crippen LogP contribution in [0.5, 0.6) is 0 Å². The van der Waals surface area contributed by atoms with Gasteiger partial charge in [-0.3, -0.25) is 4.79 Å². The Morgan fingerprint density at radius 1 is 1.32 bits per heavy atom. The van der Waals surface area contributed by atoms with Crippen LogP contribution in [-0.2, 0) is 6.42 Å². The molecular formula is C19H23FN4O. The van der Waals surface area contributed by atoms with Gasteiger partial charge in [0.15, 0.2) is 0 Å². The van der Waals surface area contributed by atoms with Gasteiger partial charge in [-0.05, 0) is 42.9 Å². The molecule has 2 heterocycles. The van der Waals surface area contributed by atoms with Crippen molar-refractivity contribution in [3.63, 3.8) is 0 Å². The number of aromatic nitrogens is 2. The number of benzene rings is 1. The monoisotopic (exact) mass is 342 g/mol. The summed E-state index contributed by atoms with van der Waals surface area (Å²) in [6.45, 7) is 4.40. The van der Waals surface area contributed by atoms with Crippen molar-refractivity contribution in [1.29, 1.82) is 0 Å². The fraction of sp³-hybridized carbons (Fsp3) is 0.421. The first-order chi connectivity index (χ1) is 12.1. The molecule has 0 spiro atoms. The van der Waals surface area contributed by atoms with Gasteiger partial charge < -0.3 is 10.2 Å². The molecular weight excluding hydrogens is 319 g/mol. The number of likely N-dealkylation sites (tertiary alicyclic amines) is 1.